The van der Waals surface area contributed by atoms with Gasteiger partial charge < -0.3 is 0 Å². The Balaban J connectivity index is 1.73. The second kappa shape index (κ2) is 7.98. The van der Waals surface area contributed by atoms with Gasteiger partial charge in [0.2, 0.25) is 0 Å². The molecule has 1 nitrogen and oxygen atoms in total. The number of rotatable bonds is 6. The van der Waals surface area contributed by atoms with Gasteiger partial charge in [0.25, 0.3) is 0 Å². The van der Waals surface area contributed by atoms with Gasteiger partial charge in [-0.15, -0.1) is 6.58 Å². The molecule has 0 saturated heterocycles. The van der Waals surface area contributed by atoms with Gasteiger partial charge in [-0.2, -0.15) is 4.99 Å². The lowest BCUT2D eigenvalue weighted by molar-refractivity contribution is 0.630. The number of hydrogen-bond donors (Lipinski definition) is 0. The first-order valence-electron chi connectivity index (χ1n) is 8.18. The molecule has 0 aliphatic heterocycles. The number of isothiocyanates is 1. The molecule has 0 spiro atoms. The second-order valence-electron chi connectivity index (χ2n) is 6.01. The van der Waals surface area contributed by atoms with Gasteiger partial charge in [0.1, 0.15) is 11.5 Å². The Kier molecular flexibility index (Phi) is 5.49. The highest BCUT2D eigenvalue weighted by Gasteiger charge is 2.11. The van der Waals surface area contributed by atoms with Crippen molar-refractivity contribution in [1.29, 1.82) is 0 Å². The predicted octanol–water partition coefficient (Wildman–Crippen LogP) is 6.64. The zero-order valence-electron chi connectivity index (χ0n) is 13.8. The summed E-state index contributed by atoms with van der Waals surface area (Å²) < 4.78 is 13.9. The van der Waals surface area contributed by atoms with Crippen molar-refractivity contribution in [2.75, 3.05) is 0 Å². The van der Waals surface area contributed by atoms with E-state index in [1.54, 1.807) is 6.07 Å². The smallest absolute Gasteiger partial charge is 0.150 e. The minimum atomic E-state index is -0.399. The van der Waals surface area contributed by atoms with Crippen LogP contribution in [0.4, 0.5) is 10.1 Å². The van der Waals surface area contributed by atoms with Crippen LogP contribution in [0.5, 0.6) is 0 Å². The molecule has 0 radical (unpaired) electrons. The zero-order chi connectivity index (χ0) is 17.6. The summed E-state index contributed by atoms with van der Waals surface area (Å²) in [6.07, 6.45) is 11.2. The van der Waals surface area contributed by atoms with Crippen LogP contribution in [-0.2, 0) is 6.42 Å². The normalized spacial score (nSPS) is 12.6. The van der Waals surface area contributed by atoms with Gasteiger partial charge in [-0.25, -0.2) is 4.39 Å². The van der Waals surface area contributed by atoms with E-state index in [2.05, 4.69) is 53.2 Å². The van der Waals surface area contributed by atoms with Gasteiger partial charge in [-0.05, 0) is 65.9 Å². The van der Waals surface area contributed by atoms with Crippen LogP contribution < -0.4 is 0 Å². The highest BCUT2D eigenvalue weighted by Crippen LogP contribution is 2.29. The standard InChI is InChI=1S/C22H18FNS/c1-2-3-4-18-12-19-9-7-16(11-20(19)13-18)5-6-17-8-10-22(24-15-25)21(23)14-17/h2,5-12,14H,1,3-4,13H2/b6-5+. The van der Waals surface area contributed by atoms with E-state index in [0.717, 1.165) is 30.4 Å². The van der Waals surface area contributed by atoms with E-state index in [-0.39, 0.29) is 5.69 Å². The Morgan fingerprint density at radius 3 is 2.64 bits per heavy atom. The molecule has 1 aliphatic rings. The van der Waals surface area contributed by atoms with Crippen molar-refractivity contribution in [2.24, 2.45) is 4.99 Å². The third-order valence-electron chi connectivity index (χ3n) is 4.22. The molecule has 0 aromatic heterocycles. The molecule has 0 saturated carbocycles. The Labute approximate surface area is 152 Å². The minimum absolute atomic E-state index is 0.211. The van der Waals surface area contributed by atoms with E-state index in [1.807, 2.05) is 24.3 Å². The number of fused-ring (bicyclic) bond motifs is 1. The third-order valence-corrected chi connectivity index (χ3v) is 4.31. The van der Waals surface area contributed by atoms with Crippen LogP contribution in [-0.4, -0.2) is 5.16 Å². The zero-order valence-corrected chi connectivity index (χ0v) is 14.7. The van der Waals surface area contributed by atoms with Crippen molar-refractivity contribution in [3.05, 3.63) is 82.7 Å². The maximum atomic E-state index is 13.9. The van der Waals surface area contributed by atoms with Crippen LogP contribution in [0.1, 0.15) is 35.1 Å². The highest BCUT2D eigenvalue weighted by atomic mass is 32.1. The lowest BCUT2D eigenvalue weighted by Gasteiger charge is -2.02. The molecule has 2 aromatic rings. The van der Waals surface area contributed by atoms with Crippen LogP contribution >= 0.6 is 12.2 Å². The first kappa shape index (κ1) is 17.2. The first-order valence-corrected chi connectivity index (χ1v) is 8.59. The van der Waals surface area contributed by atoms with Crippen molar-refractivity contribution in [1.82, 2.24) is 0 Å². The lowest BCUT2D eigenvalue weighted by Crippen LogP contribution is -1.86. The van der Waals surface area contributed by atoms with Crippen LogP contribution in [0.25, 0.3) is 18.2 Å². The summed E-state index contributed by atoms with van der Waals surface area (Å²) in [6.45, 7) is 3.78. The van der Waals surface area contributed by atoms with Gasteiger partial charge in [0.05, 0.1) is 5.16 Å². The molecule has 1 aliphatic carbocycles. The Morgan fingerprint density at radius 2 is 1.92 bits per heavy atom. The van der Waals surface area contributed by atoms with Gasteiger partial charge in [-0.3, -0.25) is 0 Å². The summed E-state index contributed by atoms with van der Waals surface area (Å²) in [5, 5.41) is 2.18. The monoisotopic (exact) mass is 347 g/mol. The molecular weight excluding hydrogens is 329 g/mol. The van der Waals surface area contributed by atoms with E-state index in [4.69, 9.17) is 0 Å². The predicted molar refractivity (Wildman–Crippen MR) is 108 cm³/mol. The third kappa shape index (κ3) is 4.27. The molecule has 0 unspecified atom stereocenters. The fraction of sp³-hybridized carbons (Fsp3) is 0.136. The Bertz CT molecular complexity index is 918. The van der Waals surface area contributed by atoms with Gasteiger partial charge in [-0.1, -0.05) is 54.1 Å². The van der Waals surface area contributed by atoms with Gasteiger partial charge >= 0.3 is 0 Å². The molecule has 2 aromatic carbocycles. The maximum absolute atomic E-state index is 13.9. The maximum Gasteiger partial charge on any atom is 0.150 e. The van der Waals surface area contributed by atoms with Crippen LogP contribution in [0.2, 0.25) is 0 Å². The summed E-state index contributed by atoms with van der Waals surface area (Å²) in [5.41, 5.74) is 6.20. The van der Waals surface area contributed by atoms with E-state index in [1.165, 1.54) is 22.8 Å². The SMILES string of the molecule is C=CCCC1=Cc2ccc(/C=C/c3ccc(N=C=S)c(F)c3)cc2C1. The fourth-order valence-electron chi connectivity index (χ4n) is 2.95. The van der Waals surface area contributed by atoms with Crippen LogP contribution in [0, 0.1) is 5.82 Å². The average molecular weight is 347 g/mol. The van der Waals surface area contributed by atoms with E-state index >= 15 is 0 Å². The van der Waals surface area contributed by atoms with Crippen molar-refractivity contribution in [2.45, 2.75) is 19.3 Å². The van der Waals surface area contributed by atoms with E-state index in [9.17, 15) is 4.39 Å². The number of hydrogen-bond acceptors (Lipinski definition) is 2. The van der Waals surface area contributed by atoms with Crippen LogP contribution in [0.3, 0.4) is 0 Å². The average Bonchev–Trinajstić information content (AvgIpc) is 3.02. The minimum Gasteiger partial charge on any atom is -0.205 e. The Morgan fingerprint density at radius 1 is 1.16 bits per heavy atom. The first-order chi connectivity index (χ1) is 12.2. The number of thiocarbonyl (C=S) groups is 1. The molecule has 3 rings (SSSR count). The summed E-state index contributed by atoms with van der Waals surface area (Å²) in [6, 6.07) is 11.3. The van der Waals surface area contributed by atoms with Crippen molar-refractivity contribution >= 4 is 41.3 Å². The number of halogens is 1. The van der Waals surface area contributed by atoms with Crippen molar-refractivity contribution in [3.63, 3.8) is 0 Å². The molecule has 0 fully saturated rings. The van der Waals surface area contributed by atoms with Crippen molar-refractivity contribution < 1.29 is 4.39 Å². The summed E-state index contributed by atoms with van der Waals surface area (Å²) in [5.74, 6) is -0.399. The van der Waals surface area contributed by atoms with Gasteiger partial charge in [0.15, 0.2) is 0 Å². The molecule has 0 heterocycles. The van der Waals surface area contributed by atoms with E-state index < -0.39 is 5.82 Å². The lowest BCUT2D eigenvalue weighted by atomic mass is 10.0. The van der Waals surface area contributed by atoms with E-state index in [0.29, 0.717) is 0 Å². The van der Waals surface area contributed by atoms with Crippen molar-refractivity contribution in [3.8, 4) is 0 Å². The number of allylic oxidation sites excluding steroid dienone is 2. The summed E-state index contributed by atoms with van der Waals surface area (Å²) >= 11 is 4.51. The second-order valence-corrected chi connectivity index (χ2v) is 6.19. The number of nitrogens with zero attached hydrogens (tertiary/aromatic N) is 1. The molecule has 0 atom stereocenters. The number of benzene rings is 2. The van der Waals surface area contributed by atoms with Crippen LogP contribution in [0.15, 0.2) is 59.6 Å². The molecule has 0 N–H and O–H groups in total. The molecule has 0 bridgehead atoms. The largest absolute Gasteiger partial charge is 0.205 e. The molecule has 25 heavy (non-hydrogen) atoms. The topological polar surface area (TPSA) is 12.4 Å². The van der Waals surface area contributed by atoms with Gasteiger partial charge in [0, 0.05) is 0 Å². The summed E-state index contributed by atoms with van der Waals surface area (Å²) in [7, 11) is 0. The molecule has 0 amide bonds. The Hall–Kier alpha value is -2.61. The summed E-state index contributed by atoms with van der Waals surface area (Å²) in [4.78, 5) is 3.69. The fourth-order valence-corrected chi connectivity index (χ4v) is 3.04. The highest BCUT2D eigenvalue weighted by molar-refractivity contribution is 7.78. The molecule has 3 heteroatoms. The number of aliphatic imine (C=N–C) groups is 1. The molecular formula is C22H18FNS. The quantitative estimate of drug-likeness (QED) is 0.247. The molecule has 124 valence electrons.